The fourth-order valence-corrected chi connectivity index (χ4v) is 2.39. The lowest BCUT2D eigenvalue weighted by molar-refractivity contribution is 0.677. The molecule has 1 atom stereocenters. The SMILES string of the molecule is NCCCS(=O)CC1CC1. The molecule has 1 unspecified atom stereocenters. The molecule has 0 aliphatic heterocycles. The highest BCUT2D eigenvalue weighted by atomic mass is 32.2. The normalized spacial score (nSPS) is 20.9. The van der Waals surface area contributed by atoms with Crippen LogP contribution in [0.4, 0.5) is 0 Å². The van der Waals surface area contributed by atoms with E-state index in [2.05, 4.69) is 0 Å². The first kappa shape index (κ1) is 8.21. The predicted molar refractivity (Wildman–Crippen MR) is 44.3 cm³/mol. The van der Waals surface area contributed by atoms with Gasteiger partial charge in [-0.2, -0.15) is 0 Å². The molecule has 60 valence electrons. The molecule has 10 heavy (non-hydrogen) atoms. The Bertz CT molecular complexity index is 123. The van der Waals surface area contributed by atoms with E-state index in [0.29, 0.717) is 6.54 Å². The molecule has 0 spiro atoms. The maximum atomic E-state index is 11.1. The second-order valence-corrected chi connectivity index (χ2v) is 4.52. The van der Waals surface area contributed by atoms with E-state index >= 15 is 0 Å². The zero-order valence-corrected chi connectivity index (χ0v) is 7.03. The Morgan fingerprint density at radius 1 is 1.50 bits per heavy atom. The van der Waals surface area contributed by atoms with Crippen molar-refractivity contribution >= 4 is 10.8 Å². The highest BCUT2D eigenvalue weighted by Gasteiger charge is 2.23. The van der Waals surface area contributed by atoms with Crippen molar-refractivity contribution in [3.63, 3.8) is 0 Å². The smallest absolute Gasteiger partial charge is 0.0263 e. The maximum Gasteiger partial charge on any atom is 0.0263 e. The third kappa shape index (κ3) is 3.32. The third-order valence-electron chi connectivity index (χ3n) is 1.69. The molecule has 1 aliphatic rings. The topological polar surface area (TPSA) is 43.1 Å². The third-order valence-corrected chi connectivity index (χ3v) is 3.28. The summed E-state index contributed by atoms with van der Waals surface area (Å²) in [6, 6.07) is 0. The second kappa shape index (κ2) is 4.09. The molecular weight excluding hydrogens is 146 g/mol. The van der Waals surface area contributed by atoms with Crippen LogP contribution in [0, 0.1) is 5.92 Å². The number of nitrogens with two attached hydrogens (primary N) is 1. The van der Waals surface area contributed by atoms with E-state index in [1.807, 2.05) is 0 Å². The van der Waals surface area contributed by atoms with Crippen molar-refractivity contribution in [1.29, 1.82) is 0 Å². The minimum Gasteiger partial charge on any atom is -0.330 e. The Balaban J connectivity index is 1.97. The van der Waals surface area contributed by atoms with Crippen molar-refractivity contribution in [2.45, 2.75) is 19.3 Å². The summed E-state index contributed by atoms with van der Waals surface area (Å²) in [7, 11) is -0.568. The van der Waals surface area contributed by atoms with Crippen LogP contribution in [-0.2, 0) is 10.8 Å². The van der Waals surface area contributed by atoms with Crippen molar-refractivity contribution in [2.24, 2.45) is 11.7 Å². The Hall–Kier alpha value is 0.110. The lowest BCUT2D eigenvalue weighted by atomic mass is 10.5. The molecule has 0 heterocycles. The zero-order chi connectivity index (χ0) is 7.40. The number of hydrogen-bond donors (Lipinski definition) is 1. The molecule has 2 N–H and O–H groups in total. The second-order valence-electron chi connectivity index (χ2n) is 2.90. The van der Waals surface area contributed by atoms with Gasteiger partial charge in [0.25, 0.3) is 0 Å². The van der Waals surface area contributed by atoms with Gasteiger partial charge in [-0.25, -0.2) is 0 Å². The summed E-state index contributed by atoms with van der Waals surface area (Å²) in [4.78, 5) is 0. The van der Waals surface area contributed by atoms with Crippen molar-refractivity contribution in [2.75, 3.05) is 18.1 Å². The largest absolute Gasteiger partial charge is 0.330 e. The van der Waals surface area contributed by atoms with Crippen molar-refractivity contribution < 1.29 is 4.21 Å². The highest BCUT2D eigenvalue weighted by Crippen LogP contribution is 2.29. The van der Waals surface area contributed by atoms with E-state index in [1.54, 1.807) is 0 Å². The van der Waals surface area contributed by atoms with Gasteiger partial charge in [-0.05, 0) is 31.7 Å². The summed E-state index contributed by atoms with van der Waals surface area (Å²) >= 11 is 0. The predicted octanol–water partition coefficient (Wildman–Crippen LogP) is 0.494. The molecule has 0 aromatic rings. The van der Waals surface area contributed by atoms with Crippen molar-refractivity contribution in [3.05, 3.63) is 0 Å². The minimum atomic E-state index is -0.568. The molecule has 3 heteroatoms. The minimum absolute atomic E-state index is 0.568. The Morgan fingerprint density at radius 3 is 2.70 bits per heavy atom. The van der Waals surface area contributed by atoms with Crippen LogP contribution in [0.2, 0.25) is 0 Å². The van der Waals surface area contributed by atoms with Crippen LogP contribution in [0.1, 0.15) is 19.3 Å². The molecule has 1 rings (SSSR count). The van der Waals surface area contributed by atoms with Crippen molar-refractivity contribution in [3.8, 4) is 0 Å². The van der Waals surface area contributed by atoms with Crippen LogP contribution in [0.5, 0.6) is 0 Å². The van der Waals surface area contributed by atoms with Gasteiger partial charge < -0.3 is 5.73 Å². The molecule has 0 amide bonds. The maximum absolute atomic E-state index is 11.1. The fraction of sp³-hybridized carbons (Fsp3) is 1.00. The molecule has 1 aliphatic carbocycles. The quantitative estimate of drug-likeness (QED) is 0.638. The molecule has 0 aromatic heterocycles. The standard InChI is InChI=1S/C7H15NOS/c8-4-1-5-10(9)6-7-2-3-7/h7H,1-6,8H2. The van der Waals surface area contributed by atoms with Crippen LogP contribution in [0.3, 0.4) is 0 Å². The summed E-state index contributed by atoms with van der Waals surface area (Å²) in [5.74, 6) is 2.53. The van der Waals surface area contributed by atoms with E-state index in [0.717, 1.165) is 23.8 Å². The lowest BCUT2D eigenvalue weighted by Crippen LogP contribution is -2.09. The first-order chi connectivity index (χ1) is 4.83. The molecule has 0 aromatic carbocycles. The van der Waals surface area contributed by atoms with E-state index in [1.165, 1.54) is 12.8 Å². The van der Waals surface area contributed by atoms with E-state index in [-0.39, 0.29) is 0 Å². The molecule has 2 nitrogen and oxygen atoms in total. The van der Waals surface area contributed by atoms with Crippen LogP contribution in [0.25, 0.3) is 0 Å². The van der Waals surface area contributed by atoms with Gasteiger partial charge in [0.1, 0.15) is 0 Å². The first-order valence-corrected chi connectivity index (χ1v) is 5.37. The van der Waals surface area contributed by atoms with Gasteiger partial charge in [0.05, 0.1) is 0 Å². The van der Waals surface area contributed by atoms with Crippen LogP contribution in [-0.4, -0.2) is 22.3 Å². The van der Waals surface area contributed by atoms with E-state index in [9.17, 15) is 4.21 Å². The highest BCUT2D eigenvalue weighted by molar-refractivity contribution is 7.84. The average molecular weight is 161 g/mol. The summed E-state index contributed by atoms with van der Waals surface area (Å²) in [6.45, 7) is 0.677. The molecule has 1 fully saturated rings. The van der Waals surface area contributed by atoms with E-state index < -0.39 is 10.8 Å². The average Bonchev–Trinajstić information content (AvgIpc) is 2.67. The number of rotatable bonds is 5. The van der Waals surface area contributed by atoms with Crippen LogP contribution >= 0.6 is 0 Å². The summed E-state index contributed by atoms with van der Waals surface area (Å²) in [6.07, 6.45) is 3.52. The van der Waals surface area contributed by atoms with Crippen molar-refractivity contribution in [1.82, 2.24) is 0 Å². The van der Waals surface area contributed by atoms with Gasteiger partial charge in [0, 0.05) is 22.3 Å². The molecule has 0 radical (unpaired) electrons. The molecular formula is C7H15NOS. The van der Waals surface area contributed by atoms with Gasteiger partial charge >= 0.3 is 0 Å². The summed E-state index contributed by atoms with van der Waals surface area (Å²) < 4.78 is 11.1. The fourth-order valence-electron chi connectivity index (χ4n) is 0.875. The lowest BCUT2D eigenvalue weighted by Gasteiger charge is -1.97. The monoisotopic (exact) mass is 161 g/mol. The van der Waals surface area contributed by atoms with Crippen LogP contribution < -0.4 is 5.73 Å². The van der Waals surface area contributed by atoms with Gasteiger partial charge in [-0.15, -0.1) is 0 Å². The molecule has 0 saturated heterocycles. The van der Waals surface area contributed by atoms with Gasteiger partial charge in [0.2, 0.25) is 0 Å². The Labute approximate surface area is 64.6 Å². The molecule has 0 bridgehead atoms. The Kier molecular flexibility index (Phi) is 3.35. The summed E-state index contributed by atoms with van der Waals surface area (Å²) in [5, 5.41) is 0. The zero-order valence-electron chi connectivity index (χ0n) is 6.21. The Morgan fingerprint density at radius 2 is 2.20 bits per heavy atom. The van der Waals surface area contributed by atoms with Gasteiger partial charge in [-0.3, -0.25) is 4.21 Å². The van der Waals surface area contributed by atoms with Crippen LogP contribution in [0.15, 0.2) is 0 Å². The first-order valence-electron chi connectivity index (χ1n) is 3.88. The number of hydrogen-bond acceptors (Lipinski definition) is 2. The summed E-state index contributed by atoms with van der Waals surface area (Å²) in [5.41, 5.74) is 5.29. The van der Waals surface area contributed by atoms with Gasteiger partial charge in [0.15, 0.2) is 0 Å². The van der Waals surface area contributed by atoms with E-state index in [4.69, 9.17) is 5.73 Å². The van der Waals surface area contributed by atoms with Gasteiger partial charge in [-0.1, -0.05) is 0 Å². The molecule has 1 saturated carbocycles.